The molecule has 2 saturated carbocycles. The van der Waals surface area contributed by atoms with Crippen LogP contribution in [0.25, 0.3) is 16.5 Å². The number of allylic oxidation sites excluding steroid dienone is 3. The van der Waals surface area contributed by atoms with Gasteiger partial charge in [0.05, 0.1) is 5.70 Å². The second-order valence-electron chi connectivity index (χ2n) is 11.2. The van der Waals surface area contributed by atoms with Crippen molar-refractivity contribution in [2.45, 2.75) is 46.0 Å². The molecule has 0 spiro atoms. The molecule has 2 nitrogen and oxygen atoms in total. The van der Waals surface area contributed by atoms with Crippen LogP contribution in [-0.2, 0) is 0 Å². The minimum absolute atomic E-state index is 0.0239. The quantitative estimate of drug-likeness (QED) is 0.399. The minimum atomic E-state index is -0.0239. The maximum atomic E-state index is 13.8. The van der Waals surface area contributed by atoms with E-state index in [0.717, 1.165) is 40.4 Å². The molecule has 164 valence electrons. The molecule has 33 heavy (non-hydrogen) atoms. The van der Waals surface area contributed by atoms with Crippen molar-refractivity contribution in [2.75, 3.05) is 5.32 Å². The Hall–Kier alpha value is -3.13. The third-order valence-corrected chi connectivity index (χ3v) is 9.79. The van der Waals surface area contributed by atoms with E-state index in [4.69, 9.17) is 0 Å². The van der Waals surface area contributed by atoms with Gasteiger partial charge in [0.15, 0.2) is 5.78 Å². The minimum Gasteiger partial charge on any atom is -0.354 e. The molecule has 4 aliphatic rings. The van der Waals surface area contributed by atoms with Crippen molar-refractivity contribution < 1.29 is 4.79 Å². The van der Waals surface area contributed by atoms with Crippen molar-refractivity contribution in [3.8, 4) is 0 Å². The standard InChI is InChI=1S/C31H29NO/c1-30(2)19-14-15-31(30,3)20(16-19)17-24-26-21-9-5-4-8-18(21)12-13-25(26)32-28-22-10-6-7-11-23(22)29(33)27(24)28/h4-13,17,19,24,32H,14-16H2,1-3H3/t19?,24-,31?/m0/s1. The number of rotatable bonds is 1. The first kappa shape index (κ1) is 19.3. The molecular weight excluding hydrogens is 402 g/mol. The number of carbonyl (C=O) groups excluding carboxylic acids is 1. The fraction of sp³-hybridized carbons (Fsp3) is 0.323. The summed E-state index contributed by atoms with van der Waals surface area (Å²) in [4.78, 5) is 13.8. The smallest absolute Gasteiger partial charge is 0.192 e. The van der Waals surface area contributed by atoms with Crippen molar-refractivity contribution in [2.24, 2.45) is 16.7 Å². The van der Waals surface area contributed by atoms with Crippen LogP contribution in [0.1, 0.15) is 67.4 Å². The average molecular weight is 432 g/mol. The summed E-state index contributed by atoms with van der Waals surface area (Å²) >= 11 is 0. The Morgan fingerprint density at radius 3 is 2.45 bits per heavy atom. The van der Waals surface area contributed by atoms with Crippen LogP contribution in [0, 0.1) is 16.7 Å². The van der Waals surface area contributed by atoms with Gasteiger partial charge in [-0.1, -0.05) is 87.0 Å². The van der Waals surface area contributed by atoms with Crippen molar-refractivity contribution in [1.82, 2.24) is 0 Å². The molecular formula is C31H29NO. The highest BCUT2D eigenvalue weighted by Crippen LogP contribution is 2.68. The van der Waals surface area contributed by atoms with Gasteiger partial charge in [-0.15, -0.1) is 0 Å². The lowest BCUT2D eigenvalue weighted by Crippen LogP contribution is -2.28. The van der Waals surface area contributed by atoms with E-state index in [1.165, 1.54) is 29.2 Å². The summed E-state index contributed by atoms with van der Waals surface area (Å²) in [5, 5.41) is 6.15. The van der Waals surface area contributed by atoms with Crippen molar-refractivity contribution in [3.63, 3.8) is 0 Å². The lowest BCUT2D eigenvalue weighted by molar-refractivity contribution is 0.103. The van der Waals surface area contributed by atoms with Crippen LogP contribution in [0.2, 0.25) is 0 Å². The van der Waals surface area contributed by atoms with E-state index in [0.29, 0.717) is 5.41 Å². The molecule has 2 heteroatoms. The second kappa shape index (κ2) is 6.26. The monoisotopic (exact) mass is 431 g/mol. The predicted octanol–water partition coefficient (Wildman–Crippen LogP) is 7.73. The van der Waals surface area contributed by atoms with Gasteiger partial charge in [-0.3, -0.25) is 4.79 Å². The number of hydrogen-bond donors (Lipinski definition) is 1. The van der Waals surface area contributed by atoms with Crippen LogP contribution in [0.3, 0.4) is 0 Å². The lowest BCUT2D eigenvalue weighted by Gasteiger charge is -2.37. The zero-order valence-electron chi connectivity index (χ0n) is 19.5. The van der Waals surface area contributed by atoms with Gasteiger partial charge in [-0.2, -0.15) is 0 Å². The summed E-state index contributed by atoms with van der Waals surface area (Å²) in [6.45, 7) is 7.38. The molecule has 0 saturated heterocycles. The van der Waals surface area contributed by atoms with Crippen LogP contribution in [0.15, 0.2) is 77.9 Å². The summed E-state index contributed by atoms with van der Waals surface area (Å²) in [5.74, 6) is 0.901. The maximum absolute atomic E-state index is 13.8. The van der Waals surface area contributed by atoms with Crippen LogP contribution < -0.4 is 5.32 Å². The maximum Gasteiger partial charge on any atom is 0.192 e. The molecule has 7 rings (SSSR count). The number of hydrogen-bond acceptors (Lipinski definition) is 2. The molecule has 1 aliphatic heterocycles. The SMILES string of the molecule is CC12CCC(CC1=C[C@@H]1C3=C(Nc4ccc5ccccc5c41)c1ccccc1C3=O)C2(C)C. The van der Waals surface area contributed by atoms with Crippen LogP contribution in [0.5, 0.6) is 0 Å². The molecule has 2 bridgehead atoms. The predicted molar refractivity (Wildman–Crippen MR) is 135 cm³/mol. The van der Waals surface area contributed by atoms with Crippen molar-refractivity contribution in [1.29, 1.82) is 0 Å². The molecule has 0 amide bonds. The molecule has 0 radical (unpaired) electrons. The average Bonchev–Trinajstić information content (AvgIpc) is 3.31. The first-order valence-corrected chi connectivity index (χ1v) is 12.3. The van der Waals surface area contributed by atoms with Crippen LogP contribution in [-0.4, -0.2) is 5.78 Å². The van der Waals surface area contributed by atoms with Crippen LogP contribution in [0.4, 0.5) is 5.69 Å². The first-order valence-electron chi connectivity index (χ1n) is 12.3. The summed E-state index contributed by atoms with van der Waals surface area (Å²) in [5.41, 5.74) is 8.27. The third-order valence-electron chi connectivity index (χ3n) is 9.79. The van der Waals surface area contributed by atoms with E-state index in [-0.39, 0.29) is 17.1 Å². The zero-order chi connectivity index (χ0) is 22.5. The number of ketones is 1. The van der Waals surface area contributed by atoms with Gasteiger partial charge >= 0.3 is 0 Å². The second-order valence-corrected chi connectivity index (χ2v) is 11.2. The molecule has 0 aromatic heterocycles. The van der Waals surface area contributed by atoms with Gasteiger partial charge in [-0.05, 0) is 58.4 Å². The van der Waals surface area contributed by atoms with E-state index >= 15 is 0 Å². The summed E-state index contributed by atoms with van der Waals surface area (Å²) in [6.07, 6.45) is 6.25. The molecule has 2 fully saturated rings. The fourth-order valence-corrected chi connectivity index (χ4v) is 7.39. The van der Waals surface area contributed by atoms with E-state index in [1.807, 2.05) is 18.2 Å². The van der Waals surface area contributed by atoms with Crippen LogP contribution >= 0.6 is 0 Å². The molecule has 2 unspecified atom stereocenters. The van der Waals surface area contributed by atoms with Gasteiger partial charge in [-0.25, -0.2) is 0 Å². The summed E-state index contributed by atoms with van der Waals surface area (Å²) < 4.78 is 0. The summed E-state index contributed by atoms with van der Waals surface area (Å²) in [6, 6.07) is 21.1. The Balaban J connectivity index is 1.50. The Morgan fingerprint density at radius 1 is 0.939 bits per heavy atom. The van der Waals surface area contributed by atoms with Gasteiger partial charge in [0.1, 0.15) is 0 Å². The number of anilines is 1. The van der Waals surface area contributed by atoms with E-state index < -0.39 is 0 Å². The first-order chi connectivity index (χ1) is 15.9. The summed E-state index contributed by atoms with van der Waals surface area (Å²) in [7, 11) is 0. The highest BCUT2D eigenvalue weighted by Gasteiger charge is 2.59. The van der Waals surface area contributed by atoms with E-state index in [9.17, 15) is 4.79 Å². The Morgan fingerprint density at radius 2 is 1.70 bits per heavy atom. The van der Waals surface area contributed by atoms with Gasteiger partial charge in [0.25, 0.3) is 0 Å². The normalized spacial score (nSPS) is 29.9. The van der Waals surface area contributed by atoms with E-state index in [2.05, 4.69) is 74.6 Å². The topological polar surface area (TPSA) is 29.1 Å². The largest absolute Gasteiger partial charge is 0.354 e. The van der Waals surface area contributed by atoms with Gasteiger partial charge in [0, 0.05) is 28.3 Å². The highest BCUT2D eigenvalue weighted by atomic mass is 16.1. The van der Waals surface area contributed by atoms with Crippen molar-refractivity contribution in [3.05, 3.63) is 94.6 Å². The number of nitrogens with one attached hydrogen (secondary N) is 1. The number of Topliss-reactive ketones (excluding diaryl/α,β-unsaturated/α-hetero) is 1. The van der Waals surface area contributed by atoms with Gasteiger partial charge < -0.3 is 5.32 Å². The Bertz CT molecular complexity index is 1440. The molecule has 3 aromatic carbocycles. The molecule has 3 aromatic rings. The Labute approximate surface area is 195 Å². The number of carbonyl (C=O) groups is 1. The zero-order valence-corrected chi connectivity index (χ0v) is 19.5. The highest BCUT2D eigenvalue weighted by molar-refractivity contribution is 6.24. The molecule has 3 atom stereocenters. The lowest BCUT2D eigenvalue weighted by atomic mass is 9.68. The Kier molecular flexibility index (Phi) is 3.67. The van der Waals surface area contributed by atoms with Crippen molar-refractivity contribution >= 4 is 27.9 Å². The fourth-order valence-electron chi connectivity index (χ4n) is 7.39. The molecule has 1 heterocycles. The molecule has 1 N–H and O–H groups in total. The van der Waals surface area contributed by atoms with E-state index in [1.54, 1.807) is 5.57 Å². The number of fused-ring (bicyclic) bond motifs is 7. The van der Waals surface area contributed by atoms with Gasteiger partial charge in [0.2, 0.25) is 0 Å². The number of benzene rings is 3. The third kappa shape index (κ3) is 2.32. The molecule has 3 aliphatic carbocycles.